The van der Waals surface area contributed by atoms with Crippen molar-refractivity contribution in [3.05, 3.63) is 36.0 Å². The van der Waals surface area contributed by atoms with Crippen molar-refractivity contribution < 1.29 is 23.9 Å². The molecule has 10 nitrogen and oxygen atoms in total. The van der Waals surface area contributed by atoms with Gasteiger partial charge in [-0.1, -0.05) is 32.0 Å². The lowest BCUT2D eigenvalue weighted by molar-refractivity contribution is -0.132. The molecule has 3 atom stereocenters. The van der Waals surface area contributed by atoms with E-state index in [2.05, 4.69) is 20.9 Å². The number of carbonyl (C=O) groups is 4. The fraction of sp³-hybridized carbons (Fsp3) is 0.500. The summed E-state index contributed by atoms with van der Waals surface area (Å²) in [6.45, 7) is 10.1. The van der Waals surface area contributed by atoms with Gasteiger partial charge in [-0.15, -0.1) is 0 Å². The summed E-state index contributed by atoms with van der Waals surface area (Å²) in [7, 11) is 0. The zero-order chi connectivity index (χ0) is 25.6. The topological polar surface area (TPSA) is 155 Å². The van der Waals surface area contributed by atoms with E-state index in [4.69, 9.17) is 10.5 Å². The molecule has 4 amide bonds. The molecule has 2 rings (SSSR count). The van der Waals surface area contributed by atoms with Crippen molar-refractivity contribution >= 4 is 34.7 Å². The largest absolute Gasteiger partial charge is 0.444 e. The quantitative estimate of drug-likeness (QED) is 0.375. The molecule has 0 aliphatic heterocycles. The number of alkyl carbamates (subject to hydrolysis) is 1. The molecule has 0 aliphatic rings. The van der Waals surface area contributed by atoms with Crippen LogP contribution in [0.5, 0.6) is 0 Å². The number of aromatic amines is 1. The summed E-state index contributed by atoms with van der Waals surface area (Å²) in [5.41, 5.74) is 6.19. The van der Waals surface area contributed by atoms with Gasteiger partial charge in [-0.2, -0.15) is 0 Å². The van der Waals surface area contributed by atoms with Crippen molar-refractivity contribution in [1.29, 1.82) is 0 Å². The summed E-state index contributed by atoms with van der Waals surface area (Å²) in [6, 6.07) is 4.75. The normalized spacial score (nSPS) is 14.2. The number of hydrogen-bond acceptors (Lipinski definition) is 5. The predicted molar refractivity (Wildman–Crippen MR) is 129 cm³/mol. The Kier molecular flexibility index (Phi) is 8.67. The molecule has 0 saturated heterocycles. The second kappa shape index (κ2) is 11.0. The molecule has 1 aromatic carbocycles. The van der Waals surface area contributed by atoms with Gasteiger partial charge in [0.2, 0.25) is 17.7 Å². The first-order chi connectivity index (χ1) is 15.8. The van der Waals surface area contributed by atoms with Crippen LogP contribution in [0.1, 0.15) is 47.1 Å². The number of aromatic nitrogens is 1. The van der Waals surface area contributed by atoms with Crippen LogP contribution in [-0.2, 0) is 25.5 Å². The van der Waals surface area contributed by atoms with Crippen LogP contribution in [0.15, 0.2) is 30.5 Å². The van der Waals surface area contributed by atoms with Gasteiger partial charge in [0, 0.05) is 23.5 Å². The summed E-state index contributed by atoms with van der Waals surface area (Å²) in [4.78, 5) is 53.0. The zero-order valence-corrected chi connectivity index (χ0v) is 20.5. The van der Waals surface area contributed by atoms with Gasteiger partial charge in [-0.25, -0.2) is 4.79 Å². The lowest BCUT2D eigenvalue weighted by atomic mass is 10.0. The molecule has 1 heterocycles. The van der Waals surface area contributed by atoms with Gasteiger partial charge in [0.25, 0.3) is 0 Å². The second-order valence-corrected chi connectivity index (χ2v) is 9.63. The van der Waals surface area contributed by atoms with E-state index in [1.807, 2.05) is 24.3 Å². The maximum Gasteiger partial charge on any atom is 0.408 e. The minimum atomic E-state index is -1.02. The van der Waals surface area contributed by atoms with Crippen molar-refractivity contribution in [3.63, 3.8) is 0 Å². The number of benzene rings is 1. The highest BCUT2D eigenvalue weighted by molar-refractivity contribution is 5.94. The first kappa shape index (κ1) is 26.7. The van der Waals surface area contributed by atoms with Crippen molar-refractivity contribution in [1.82, 2.24) is 20.9 Å². The molecule has 186 valence electrons. The van der Waals surface area contributed by atoms with E-state index >= 15 is 0 Å². The minimum absolute atomic E-state index is 0.166. The van der Waals surface area contributed by atoms with Gasteiger partial charge < -0.3 is 31.4 Å². The maximum absolute atomic E-state index is 13.3. The van der Waals surface area contributed by atoms with Crippen LogP contribution >= 0.6 is 0 Å². The Morgan fingerprint density at radius 2 is 1.65 bits per heavy atom. The minimum Gasteiger partial charge on any atom is -0.444 e. The number of primary amides is 1. The van der Waals surface area contributed by atoms with Crippen molar-refractivity contribution in [2.75, 3.05) is 0 Å². The monoisotopic (exact) mass is 473 g/mol. The van der Waals surface area contributed by atoms with Crippen LogP contribution in [0.3, 0.4) is 0 Å². The number of carbonyl (C=O) groups excluding carboxylic acids is 4. The third-order valence-electron chi connectivity index (χ3n) is 5.14. The molecular formula is C24H35N5O5. The van der Waals surface area contributed by atoms with Gasteiger partial charge in [0.1, 0.15) is 23.7 Å². The van der Waals surface area contributed by atoms with Crippen LogP contribution in [0, 0.1) is 5.92 Å². The summed E-state index contributed by atoms with van der Waals surface area (Å²) >= 11 is 0. The molecule has 0 saturated carbocycles. The summed E-state index contributed by atoms with van der Waals surface area (Å²) in [5.74, 6) is -2.08. The number of hydrogen-bond donors (Lipinski definition) is 5. The first-order valence-corrected chi connectivity index (χ1v) is 11.2. The number of ether oxygens (including phenoxy) is 1. The fourth-order valence-electron chi connectivity index (χ4n) is 3.34. The molecule has 0 spiro atoms. The smallest absolute Gasteiger partial charge is 0.408 e. The van der Waals surface area contributed by atoms with Crippen molar-refractivity contribution in [3.8, 4) is 0 Å². The number of fused-ring (bicyclic) bond motifs is 1. The van der Waals surface area contributed by atoms with Crippen molar-refractivity contribution in [2.24, 2.45) is 11.7 Å². The van der Waals surface area contributed by atoms with E-state index in [9.17, 15) is 19.2 Å². The van der Waals surface area contributed by atoms with Crippen LogP contribution < -0.4 is 21.7 Å². The second-order valence-electron chi connectivity index (χ2n) is 9.63. The highest BCUT2D eigenvalue weighted by Crippen LogP contribution is 2.19. The predicted octanol–water partition coefficient (Wildman–Crippen LogP) is 1.73. The van der Waals surface area contributed by atoms with E-state index in [0.29, 0.717) is 0 Å². The Morgan fingerprint density at radius 1 is 1.00 bits per heavy atom. The van der Waals surface area contributed by atoms with Gasteiger partial charge in [0.15, 0.2) is 0 Å². The molecule has 0 radical (unpaired) electrons. The van der Waals surface area contributed by atoms with Gasteiger partial charge in [-0.05, 0) is 45.2 Å². The van der Waals surface area contributed by atoms with Gasteiger partial charge in [0.05, 0.1) is 0 Å². The van der Waals surface area contributed by atoms with Gasteiger partial charge >= 0.3 is 6.09 Å². The lowest BCUT2D eigenvalue weighted by Gasteiger charge is -2.27. The molecule has 0 aliphatic carbocycles. The molecule has 0 unspecified atom stereocenters. The molecule has 6 N–H and O–H groups in total. The number of H-pyrrole nitrogens is 1. The number of rotatable bonds is 9. The summed E-state index contributed by atoms with van der Waals surface area (Å²) in [6.07, 6.45) is 1.20. The van der Waals surface area contributed by atoms with E-state index in [-0.39, 0.29) is 12.3 Å². The van der Waals surface area contributed by atoms with E-state index in [1.54, 1.807) is 40.8 Å². The standard InChI is InChI=1S/C24H35N5O5/c1-13(2)19(22(32)27-14(3)20(25)30)29-21(31)18(28-23(33)34-24(4,5)6)11-15-12-26-17-10-8-7-9-16(15)17/h7-10,12-14,18-19,26H,11H2,1-6H3,(H2,25,30)(H,27,32)(H,28,33)(H,29,31)/t14-,18-,19+/m1/s1. The SMILES string of the molecule is CC(C)[C@H](NC(=O)[C@@H](Cc1c[nH]c2ccccc12)NC(=O)OC(C)(C)C)C(=O)N[C@H](C)C(N)=O. The van der Waals surface area contributed by atoms with E-state index in [1.165, 1.54) is 6.92 Å². The Bertz CT molecular complexity index is 1040. The number of amides is 4. The number of nitrogens with two attached hydrogens (primary N) is 1. The summed E-state index contributed by atoms with van der Waals surface area (Å²) in [5, 5.41) is 8.75. The highest BCUT2D eigenvalue weighted by atomic mass is 16.6. The Labute approximate surface area is 199 Å². The first-order valence-electron chi connectivity index (χ1n) is 11.2. The number of nitrogens with one attached hydrogen (secondary N) is 4. The van der Waals surface area contributed by atoms with Crippen molar-refractivity contribution in [2.45, 2.75) is 71.7 Å². The Balaban J connectivity index is 2.26. The van der Waals surface area contributed by atoms with Crippen LogP contribution in [0.4, 0.5) is 4.79 Å². The Hall–Kier alpha value is -3.56. The molecule has 0 bridgehead atoms. The van der Waals surface area contributed by atoms with Crippen LogP contribution in [0.25, 0.3) is 10.9 Å². The zero-order valence-electron chi connectivity index (χ0n) is 20.5. The molecule has 2 aromatic rings. The van der Waals surface area contributed by atoms with E-state index < -0.39 is 47.5 Å². The molecule has 10 heteroatoms. The molecule has 34 heavy (non-hydrogen) atoms. The lowest BCUT2D eigenvalue weighted by Crippen LogP contribution is -2.58. The average molecular weight is 474 g/mol. The average Bonchev–Trinajstić information content (AvgIpc) is 3.12. The third-order valence-corrected chi connectivity index (χ3v) is 5.14. The third kappa shape index (κ3) is 7.50. The molecule has 0 fully saturated rings. The van der Waals surface area contributed by atoms with E-state index in [0.717, 1.165) is 16.5 Å². The Morgan fingerprint density at radius 3 is 2.24 bits per heavy atom. The van der Waals surface area contributed by atoms with Gasteiger partial charge in [-0.3, -0.25) is 14.4 Å². The fourth-order valence-corrected chi connectivity index (χ4v) is 3.34. The number of para-hydroxylation sites is 1. The highest BCUT2D eigenvalue weighted by Gasteiger charge is 2.31. The maximum atomic E-state index is 13.3. The molecule has 1 aromatic heterocycles. The molecular weight excluding hydrogens is 438 g/mol. The van der Waals surface area contributed by atoms with Crippen LogP contribution in [0.2, 0.25) is 0 Å². The van der Waals surface area contributed by atoms with Crippen LogP contribution in [-0.4, -0.2) is 52.5 Å². The summed E-state index contributed by atoms with van der Waals surface area (Å²) < 4.78 is 5.34.